The Morgan fingerprint density at radius 2 is 1.74 bits per heavy atom. The third kappa shape index (κ3) is 5.21. The molecule has 2 N–H and O–H groups in total. The van der Waals surface area contributed by atoms with E-state index in [4.69, 9.17) is 10.5 Å². The molecule has 1 aromatic carbocycles. The smallest absolute Gasteiger partial charge is 0.119 e. The summed E-state index contributed by atoms with van der Waals surface area (Å²) >= 11 is 0. The topological polar surface area (TPSA) is 38.5 Å². The van der Waals surface area contributed by atoms with Crippen molar-refractivity contribution in [1.29, 1.82) is 0 Å². The second kappa shape index (κ2) is 7.51. The van der Waals surface area contributed by atoms with Gasteiger partial charge in [-0.1, -0.05) is 12.1 Å². The highest BCUT2D eigenvalue weighted by Crippen LogP contribution is 2.17. The molecule has 1 atom stereocenters. The lowest BCUT2D eigenvalue weighted by atomic mass is 10.1. The largest absolute Gasteiger partial charge is 0.492 e. The minimum Gasteiger partial charge on any atom is -0.492 e. The number of hydrogen-bond donors (Lipinski definition) is 1. The lowest BCUT2D eigenvalue weighted by Crippen LogP contribution is -2.39. The van der Waals surface area contributed by atoms with E-state index in [0.717, 1.165) is 17.9 Å². The highest BCUT2D eigenvalue weighted by molar-refractivity contribution is 5.30. The van der Waals surface area contributed by atoms with Gasteiger partial charge in [-0.15, -0.1) is 0 Å². The van der Waals surface area contributed by atoms with Gasteiger partial charge in [0.1, 0.15) is 12.4 Å². The van der Waals surface area contributed by atoms with Gasteiger partial charge in [-0.25, -0.2) is 0 Å². The maximum Gasteiger partial charge on any atom is 0.119 e. The second-order valence-corrected chi connectivity index (χ2v) is 5.63. The molecule has 0 aliphatic rings. The van der Waals surface area contributed by atoms with Crippen molar-refractivity contribution in [1.82, 2.24) is 4.90 Å². The molecular weight excluding hydrogens is 236 g/mol. The first kappa shape index (κ1) is 16.0. The summed E-state index contributed by atoms with van der Waals surface area (Å²) in [5.41, 5.74) is 6.99. The average molecular weight is 264 g/mol. The highest BCUT2D eigenvalue weighted by atomic mass is 16.5. The van der Waals surface area contributed by atoms with E-state index in [-0.39, 0.29) is 6.04 Å². The van der Waals surface area contributed by atoms with Crippen LogP contribution in [-0.2, 0) is 0 Å². The maximum absolute atomic E-state index is 5.88. The quantitative estimate of drug-likeness (QED) is 0.822. The molecule has 1 aromatic rings. The standard InChI is InChI=1S/C16H28N2O/c1-12(2)18(13(3)4)9-10-19-16-8-6-7-15(11-16)14(5)17/h6-8,11-14H,9-10,17H2,1-5H3. The van der Waals surface area contributed by atoms with Gasteiger partial charge in [-0.2, -0.15) is 0 Å². The number of nitrogens with zero attached hydrogens (tertiary/aromatic N) is 1. The Morgan fingerprint density at radius 1 is 1.11 bits per heavy atom. The van der Waals surface area contributed by atoms with E-state index in [1.54, 1.807) is 0 Å². The van der Waals surface area contributed by atoms with Gasteiger partial charge in [0.05, 0.1) is 0 Å². The molecule has 108 valence electrons. The van der Waals surface area contributed by atoms with Gasteiger partial charge >= 0.3 is 0 Å². The SMILES string of the molecule is CC(N)c1cccc(OCCN(C(C)C)C(C)C)c1. The number of nitrogens with two attached hydrogens (primary N) is 1. The van der Waals surface area contributed by atoms with E-state index in [2.05, 4.69) is 32.6 Å². The number of hydrogen-bond acceptors (Lipinski definition) is 3. The molecule has 1 rings (SSSR count). The zero-order chi connectivity index (χ0) is 14.4. The fourth-order valence-electron chi connectivity index (χ4n) is 2.27. The molecule has 0 amide bonds. The minimum atomic E-state index is 0.0476. The molecule has 0 saturated heterocycles. The Kier molecular flexibility index (Phi) is 6.32. The van der Waals surface area contributed by atoms with E-state index < -0.39 is 0 Å². The average Bonchev–Trinajstić information content (AvgIpc) is 2.34. The zero-order valence-electron chi connectivity index (χ0n) is 12.9. The predicted octanol–water partition coefficient (Wildman–Crippen LogP) is 3.20. The summed E-state index contributed by atoms with van der Waals surface area (Å²) in [5.74, 6) is 0.905. The van der Waals surface area contributed by atoms with Gasteiger partial charge in [0.25, 0.3) is 0 Å². The summed E-state index contributed by atoms with van der Waals surface area (Å²) in [6, 6.07) is 9.17. The summed E-state index contributed by atoms with van der Waals surface area (Å²) < 4.78 is 5.83. The zero-order valence-corrected chi connectivity index (χ0v) is 12.9. The molecule has 0 aliphatic carbocycles. The Bertz CT molecular complexity index is 367. The first-order valence-electron chi connectivity index (χ1n) is 7.16. The molecule has 0 aliphatic heterocycles. The van der Waals surface area contributed by atoms with Crippen LogP contribution in [0, 0.1) is 0 Å². The van der Waals surface area contributed by atoms with Gasteiger partial charge < -0.3 is 10.5 Å². The summed E-state index contributed by atoms with van der Waals surface area (Å²) in [6.45, 7) is 12.5. The van der Waals surface area contributed by atoms with Crippen LogP contribution in [0.15, 0.2) is 24.3 Å². The second-order valence-electron chi connectivity index (χ2n) is 5.63. The van der Waals surface area contributed by atoms with Crippen molar-refractivity contribution in [3.05, 3.63) is 29.8 Å². The van der Waals surface area contributed by atoms with Crippen molar-refractivity contribution >= 4 is 0 Å². The Morgan fingerprint density at radius 3 is 2.26 bits per heavy atom. The van der Waals surface area contributed by atoms with Crippen molar-refractivity contribution in [2.45, 2.75) is 52.7 Å². The normalized spacial score (nSPS) is 13.3. The maximum atomic E-state index is 5.88. The van der Waals surface area contributed by atoms with Crippen LogP contribution in [-0.4, -0.2) is 30.1 Å². The molecule has 1 unspecified atom stereocenters. The summed E-state index contributed by atoms with van der Waals surface area (Å²) in [5, 5.41) is 0. The van der Waals surface area contributed by atoms with Gasteiger partial charge in [0, 0.05) is 24.7 Å². The number of rotatable bonds is 7. The molecule has 3 heteroatoms. The predicted molar refractivity (Wildman–Crippen MR) is 81.5 cm³/mol. The molecule has 0 aromatic heterocycles. The lowest BCUT2D eigenvalue weighted by molar-refractivity contribution is 0.142. The Labute approximate surface area is 117 Å². The van der Waals surface area contributed by atoms with Crippen LogP contribution in [0.5, 0.6) is 5.75 Å². The summed E-state index contributed by atoms with van der Waals surface area (Å²) in [6.07, 6.45) is 0. The molecular formula is C16H28N2O. The third-order valence-electron chi connectivity index (χ3n) is 3.33. The molecule has 0 fully saturated rings. The molecule has 19 heavy (non-hydrogen) atoms. The van der Waals surface area contributed by atoms with Gasteiger partial charge in [0.15, 0.2) is 0 Å². The van der Waals surface area contributed by atoms with Crippen molar-refractivity contribution in [3.8, 4) is 5.75 Å². The Balaban J connectivity index is 2.50. The van der Waals surface area contributed by atoms with E-state index in [9.17, 15) is 0 Å². The van der Waals surface area contributed by atoms with Crippen molar-refractivity contribution in [2.75, 3.05) is 13.2 Å². The van der Waals surface area contributed by atoms with Crippen molar-refractivity contribution < 1.29 is 4.74 Å². The molecule has 0 heterocycles. The van der Waals surface area contributed by atoms with E-state index in [1.807, 2.05) is 31.2 Å². The van der Waals surface area contributed by atoms with Gasteiger partial charge in [-0.3, -0.25) is 4.90 Å². The van der Waals surface area contributed by atoms with Crippen LogP contribution in [0.1, 0.15) is 46.2 Å². The number of benzene rings is 1. The number of ether oxygens (including phenoxy) is 1. The highest BCUT2D eigenvalue weighted by Gasteiger charge is 2.12. The van der Waals surface area contributed by atoms with Gasteiger partial charge in [0.2, 0.25) is 0 Å². The molecule has 0 radical (unpaired) electrons. The first-order chi connectivity index (χ1) is 8.91. The van der Waals surface area contributed by atoms with Gasteiger partial charge in [-0.05, 0) is 52.3 Å². The van der Waals surface area contributed by atoms with Crippen LogP contribution in [0.4, 0.5) is 0 Å². The third-order valence-corrected chi connectivity index (χ3v) is 3.33. The van der Waals surface area contributed by atoms with Crippen molar-refractivity contribution in [3.63, 3.8) is 0 Å². The summed E-state index contributed by atoms with van der Waals surface area (Å²) in [7, 11) is 0. The monoisotopic (exact) mass is 264 g/mol. The fraction of sp³-hybridized carbons (Fsp3) is 0.625. The molecule has 0 spiro atoms. The molecule has 0 saturated carbocycles. The molecule has 3 nitrogen and oxygen atoms in total. The van der Waals surface area contributed by atoms with Crippen LogP contribution in [0.25, 0.3) is 0 Å². The minimum absolute atomic E-state index is 0.0476. The first-order valence-corrected chi connectivity index (χ1v) is 7.16. The van der Waals surface area contributed by atoms with E-state index >= 15 is 0 Å². The van der Waals surface area contributed by atoms with E-state index in [1.165, 1.54) is 0 Å². The van der Waals surface area contributed by atoms with Crippen molar-refractivity contribution in [2.24, 2.45) is 5.73 Å². The molecule has 0 bridgehead atoms. The van der Waals surface area contributed by atoms with Crippen LogP contribution >= 0.6 is 0 Å². The van der Waals surface area contributed by atoms with Crippen LogP contribution in [0.3, 0.4) is 0 Å². The summed E-state index contributed by atoms with van der Waals surface area (Å²) in [4.78, 5) is 2.43. The fourth-order valence-corrected chi connectivity index (χ4v) is 2.27. The van der Waals surface area contributed by atoms with E-state index in [0.29, 0.717) is 18.7 Å². The van der Waals surface area contributed by atoms with Crippen LogP contribution < -0.4 is 10.5 Å². The lowest BCUT2D eigenvalue weighted by Gasteiger charge is -2.30. The Hall–Kier alpha value is -1.06. The van der Waals surface area contributed by atoms with Crippen LogP contribution in [0.2, 0.25) is 0 Å².